The summed E-state index contributed by atoms with van der Waals surface area (Å²) >= 11 is 0. The van der Waals surface area contributed by atoms with Gasteiger partial charge >= 0.3 is 0 Å². The van der Waals surface area contributed by atoms with Crippen LogP contribution in [0, 0.1) is 5.82 Å². The summed E-state index contributed by atoms with van der Waals surface area (Å²) in [6.45, 7) is 0. The van der Waals surface area contributed by atoms with Gasteiger partial charge in [0.2, 0.25) is 0 Å². The van der Waals surface area contributed by atoms with Crippen LogP contribution in [0.2, 0.25) is 0 Å². The van der Waals surface area contributed by atoms with Crippen LogP contribution in [0.15, 0.2) is 48.8 Å². The monoisotopic (exact) mass is 271 g/mol. The lowest BCUT2D eigenvalue weighted by atomic mass is 10.2. The fraction of sp³-hybridized carbons (Fsp3) is 0. The van der Waals surface area contributed by atoms with Crippen molar-refractivity contribution in [2.75, 3.05) is 5.32 Å². The Labute approximate surface area is 113 Å². The first-order valence-electron chi connectivity index (χ1n) is 5.87. The molecule has 0 saturated carbocycles. The molecule has 1 amide bonds. The van der Waals surface area contributed by atoms with Crippen molar-refractivity contribution in [3.8, 4) is 5.75 Å². The summed E-state index contributed by atoms with van der Waals surface area (Å²) in [6.07, 6.45) is 3.17. The topological polar surface area (TPSA) is 66.6 Å². The third kappa shape index (κ3) is 2.07. The number of hydrogen-bond acceptors (Lipinski definition) is 3. The van der Waals surface area contributed by atoms with Crippen LogP contribution in [-0.4, -0.2) is 20.6 Å². The second-order valence-corrected chi connectivity index (χ2v) is 4.21. The molecule has 0 radical (unpaired) electrons. The number of fused-ring (bicyclic) bond motifs is 1. The number of hydrogen-bond donors (Lipinski definition) is 2. The van der Waals surface area contributed by atoms with Crippen LogP contribution in [-0.2, 0) is 0 Å². The van der Waals surface area contributed by atoms with Gasteiger partial charge in [0.25, 0.3) is 5.91 Å². The van der Waals surface area contributed by atoms with Crippen LogP contribution >= 0.6 is 0 Å². The van der Waals surface area contributed by atoms with Crippen molar-refractivity contribution in [1.82, 2.24) is 9.61 Å². The minimum Gasteiger partial charge on any atom is -0.505 e. The third-order valence-corrected chi connectivity index (χ3v) is 2.88. The molecule has 100 valence electrons. The number of benzene rings is 1. The minimum absolute atomic E-state index is 0.264. The van der Waals surface area contributed by atoms with E-state index in [1.807, 2.05) is 0 Å². The van der Waals surface area contributed by atoms with E-state index in [9.17, 15) is 9.18 Å². The molecule has 20 heavy (non-hydrogen) atoms. The molecule has 0 fully saturated rings. The quantitative estimate of drug-likeness (QED) is 0.703. The first-order chi connectivity index (χ1) is 9.65. The van der Waals surface area contributed by atoms with E-state index in [-0.39, 0.29) is 5.69 Å². The molecule has 0 aliphatic rings. The van der Waals surface area contributed by atoms with Crippen LogP contribution < -0.4 is 5.32 Å². The second kappa shape index (κ2) is 4.65. The predicted molar refractivity (Wildman–Crippen MR) is 71.2 cm³/mol. The molecule has 5 nitrogen and oxygen atoms in total. The van der Waals surface area contributed by atoms with E-state index in [4.69, 9.17) is 5.11 Å². The first kappa shape index (κ1) is 12.2. The van der Waals surface area contributed by atoms with Crippen molar-refractivity contribution in [2.24, 2.45) is 0 Å². The standard InChI is InChI=1S/C14H10FN3O2/c15-11-7-9(4-5-13(11)19)17-14(20)10-8-16-18-6-2-1-3-12(10)18/h1-8,19H,(H,17,20). The van der Waals surface area contributed by atoms with E-state index in [0.717, 1.165) is 6.07 Å². The number of anilines is 1. The Bertz CT molecular complexity index is 798. The number of phenols is 1. The molecule has 3 rings (SSSR count). The number of carbonyl (C=O) groups excluding carboxylic acids is 1. The normalized spacial score (nSPS) is 10.7. The van der Waals surface area contributed by atoms with Crippen molar-refractivity contribution in [3.63, 3.8) is 0 Å². The first-order valence-corrected chi connectivity index (χ1v) is 5.87. The van der Waals surface area contributed by atoms with Crippen LogP contribution in [0.5, 0.6) is 5.75 Å². The Balaban J connectivity index is 1.91. The van der Waals surface area contributed by atoms with Gasteiger partial charge in [0.15, 0.2) is 11.6 Å². The van der Waals surface area contributed by atoms with Crippen molar-refractivity contribution in [1.29, 1.82) is 0 Å². The van der Waals surface area contributed by atoms with E-state index >= 15 is 0 Å². The average molecular weight is 271 g/mol. The van der Waals surface area contributed by atoms with Crippen molar-refractivity contribution in [3.05, 3.63) is 60.2 Å². The fourth-order valence-corrected chi connectivity index (χ4v) is 1.89. The molecule has 0 bridgehead atoms. The molecule has 3 aromatic rings. The highest BCUT2D eigenvalue weighted by Crippen LogP contribution is 2.20. The van der Waals surface area contributed by atoms with Gasteiger partial charge in [-0.05, 0) is 24.3 Å². The SMILES string of the molecule is O=C(Nc1ccc(O)c(F)c1)c1cnn2ccccc12. The van der Waals surface area contributed by atoms with Gasteiger partial charge < -0.3 is 10.4 Å². The molecule has 6 heteroatoms. The van der Waals surface area contributed by atoms with Crippen molar-refractivity contribution in [2.45, 2.75) is 0 Å². The fourth-order valence-electron chi connectivity index (χ4n) is 1.89. The van der Waals surface area contributed by atoms with Crippen LogP contribution in [0.3, 0.4) is 0 Å². The van der Waals surface area contributed by atoms with Crippen LogP contribution in [0.1, 0.15) is 10.4 Å². The van der Waals surface area contributed by atoms with E-state index in [1.54, 1.807) is 28.9 Å². The molecule has 0 aliphatic carbocycles. The summed E-state index contributed by atoms with van der Waals surface area (Å²) in [5, 5.41) is 15.7. The van der Waals surface area contributed by atoms with E-state index < -0.39 is 17.5 Å². The lowest BCUT2D eigenvalue weighted by molar-refractivity contribution is 0.102. The molecule has 0 aliphatic heterocycles. The number of phenolic OH excluding ortho intramolecular Hbond substituents is 1. The van der Waals surface area contributed by atoms with Gasteiger partial charge in [-0.2, -0.15) is 5.10 Å². The number of carbonyl (C=O) groups is 1. The molecule has 1 aromatic carbocycles. The van der Waals surface area contributed by atoms with Gasteiger partial charge in [0.1, 0.15) is 0 Å². The van der Waals surface area contributed by atoms with Gasteiger partial charge in [-0.15, -0.1) is 0 Å². The number of aromatic nitrogens is 2. The van der Waals surface area contributed by atoms with Gasteiger partial charge in [0.05, 0.1) is 17.3 Å². The summed E-state index contributed by atoms with van der Waals surface area (Å²) in [4.78, 5) is 12.1. The number of amides is 1. The zero-order valence-electron chi connectivity index (χ0n) is 10.2. The lowest BCUT2D eigenvalue weighted by Crippen LogP contribution is -2.11. The van der Waals surface area contributed by atoms with Crippen LogP contribution in [0.25, 0.3) is 5.52 Å². The highest BCUT2D eigenvalue weighted by atomic mass is 19.1. The number of pyridine rings is 1. The Hall–Kier alpha value is -2.89. The highest BCUT2D eigenvalue weighted by molar-refractivity contribution is 6.08. The Morgan fingerprint density at radius 3 is 2.95 bits per heavy atom. The molecule has 0 spiro atoms. The van der Waals surface area contributed by atoms with Crippen molar-refractivity contribution >= 4 is 17.1 Å². The molecule has 0 unspecified atom stereocenters. The Kier molecular flexibility index (Phi) is 2.83. The van der Waals surface area contributed by atoms with Gasteiger partial charge in [-0.3, -0.25) is 4.79 Å². The molecule has 2 aromatic heterocycles. The van der Waals surface area contributed by atoms with E-state index in [1.165, 1.54) is 18.3 Å². The maximum atomic E-state index is 13.2. The zero-order valence-corrected chi connectivity index (χ0v) is 10.2. The smallest absolute Gasteiger partial charge is 0.259 e. The van der Waals surface area contributed by atoms with Crippen molar-refractivity contribution < 1.29 is 14.3 Å². The summed E-state index contributed by atoms with van der Waals surface area (Å²) in [7, 11) is 0. The number of halogens is 1. The number of aromatic hydroxyl groups is 1. The lowest BCUT2D eigenvalue weighted by Gasteiger charge is -2.05. The molecule has 0 atom stereocenters. The molecule has 2 heterocycles. The Morgan fingerprint density at radius 1 is 1.30 bits per heavy atom. The van der Waals surface area contributed by atoms with Gasteiger partial charge in [-0.1, -0.05) is 6.07 Å². The second-order valence-electron chi connectivity index (χ2n) is 4.21. The summed E-state index contributed by atoms with van der Waals surface area (Å²) in [6, 6.07) is 9.02. The maximum Gasteiger partial charge on any atom is 0.259 e. The summed E-state index contributed by atoms with van der Waals surface area (Å²) in [5.74, 6) is -1.64. The number of rotatable bonds is 2. The third-order valence-electron chi connectivity index (χ3n) is 2.88. The minimum atomic E-state index is -0.789. The van der Waals surface area contributed by atoms with Crippen LogP contribution in [0.4, 0.5) is 10.1 Å². The van der Waals surface area contributed by atoms with E-state index in [2.05, 4.69) is 10.4 Å². The predicted octanol–water partition coefficient (Wildman–Crippen LogP) is 2.43. The largest absolute Gasteiger partial charge is 0.505 e. The molecule has 0 saturated heterocycles. The van der Waals surface area contributed by atoms with Gasteiger partial charge in [-0.25, -0.2) is 8.91 Å². The highest BCUT2D eigenvalue weighted by Gasteiger charge is 2.13. The average Bonchev–Trinajstić information content (AvgIpc) is 2.87. The molecule has 2 N–H and O–H groups in total. The van der Waals surface area contributed by atoms with Gasteiger partial charge in [0, 0.05) is 18.0 Å². The summed E-state index contributed by atoms with van der Waals surface area (Å²) in [5.41, 5.74) is 1.31. The van der Waals surface area contributed by atoms with E-state index in [0.29, 0.717) is 11.1 Å². The summed E-state index contributed by atoms with van der Waals surface area (Å²) < 4.78 is 14.8. The number of nitrogens with zero attached hydrogens (tertiary/aromatic N) is 2. The number of nitrogens with one attached hydrogen (secondary N) is 1. The maximum absolute atomic E-state index is 13.2. The zero-order chi connectivity index (χ0) is 14.1. The Morgan fingerprint density at radius 2 is 2.15 bits per heavy atom. The molecular weight excluding hydrogens is 261 g/mol. The molecular formula is C14H10FN3O2.